The van der Waals surface area contributed by atoms with Gasteiger partial charge in [-0.05, 0) is 18.2 Å². The van der Waals surface area contributed by atoms with Gasteiger partial charge in [0.1, 0.15) is 5.69 Å². The number of pyridine rings is 1. The molecular weight excluding hydrogens is 376 g/mol. The summed E-state index contributed by atoms with van der Waals surface area (Å²) in [6.45, 7) is 4.10. The van der Waals surface area contributed by atoms with Crippen LogP contribution < -0.4 is 5.56 Å². The number of rotatable bonds is 5. The van der Waals surface area contributed by atoms with Gasteiger partial charge in [-0.25, -0.2) is 9.67 Å². The van der Waals surface area contributed by atoms with Crippen molar-refractivity contribution in [2.45, 2.75) is 6.54 Å². The first-order valence-corrected chi connectivity index (χ1v) is 10.0. The Bertz CT molecular complexity index is 981. The summed E-state index contributed by atoms with van der Waals surface area (Å²) in [7, 11) is 0. The smallest absolute Gasteiger partial charge is 0.273 e. The fourth-order valence-electron chi connectivity index (χ4n) is 3.18. The van der Waals surface area contributed by atoms with E-state index in [0.717, 1.165) is 24.3 Å². The summed E-state index contributed by atoms with van der Waals surface area (Å²) >= 11 is 1.43. The van der Waals surface area contributed by atoms with Crippen LogP contribution in [0.25, 0.3) is 11.3 Å². The van der Waals surface area contributed by atoms with Crippen LogP contribution in [0, 0.1) is 0 Å². The van der Waals surface area contributed by atoms with Gasteiger partial charge in [0, 0.05) is 62.1 Å². The van der Waals surface area contributed by atoms with Crippen molar-refractivity contribution in [1.82, 2.24) is 29.5 Å². The second kappa shape index (κ2) is 8.41. The number of carbonyl (C=O) groups excluding carboxylic acids is 1. The maximum Gasteiger partial charge on any atom is 0.273 e. The molecule has 3 aromatic heterocycles. The molecule has 0 saturated carbocycles. The lowest BCUT2D eigenvalue weighted by molar-refractivity contribution is 0.0626. The van der Waals surface area contributed by atoms with Gasteiger partial charge in [-0.3, -0.25) is 19.5 Å². The van der Waals surface area contributed by atoms with Crippen molar-refractivity contribution in [2.75, 3.05) is 32.7 Å². The van der Waals surface area contributed by atoms with Gasteiger partial charge in [0.05, 0.1) is 17.7 Å². The normalized spacial score (nSPS) is 14.9. The number of carbonyl (C=O) groups is 1. The van der Waals surface area contributed by atoms with Crippen LogP contribution in [0.1, 0.15) is 10.5 Å². The highest BCUT2D eigenvalue weighted by Crippen LogP contribution is 2.13. The largest absolute Gasteiger partial charge is 0.335 e. The standard InChI is InChI=1S/C19H20N6O2S/c26-18-2-1-16(15-3-5-20-6-4-15)22-25(18)12-9-23-7-10-24(11-8-23)19(27)17-13-28-14-21-17/h1-6,13-14H,7-12H2. The third kappa shape index (κ3) is 4.15. The molecule has 1 fully saturated rings. The van der Waals surface area contributed by atoms with E-state index >= 15 is 0 Å². The molecule has 1 saturated heterocycles. The summed E-state index contributed by atoms with van der Waals surface area (Å²) in [5.41, 5.74) is 3.75. The quantitative estimate of drug-likeness (QED) is 0.645. The van der Waals surface area contributed by atoms with Crippen LogP contribution in [0.4, 0.5) is 0 Å². The molecule has 0 N–H and O–H groups in total. The van der Waals surface area contributed by atoms with E-state index in [1.165, 1.54) is 16.0 Å². The predicted molar refractivity (Wildman–Crippen MR) is 106 cm³/mol. The van der Waals surface area contributed by atoms with Gasteiger partial charge in [0.15, 0.2) is 0 Å². The van der Waals surface area contributed by atoms with Gasteiger partial charge < -0.3 is 4.90 Å². The van der Waals surface area contributed by atoms with Crippen molar-refractivity contribution in [3.63, 3.8) is 0 Å². The Labute approximate surface area is 166 Å². The van der Waals surface area contributed by atoms with Crippen LogP contribution in [0.5, 0.6) is 0 Å². The van der Waals surface area contributed by atoms with Crippen LogP contribution in [0.3, 0.4) is 0 Å². The maximum atomic E-state index is 12.4. The highest BCUT2D eigenvalue weighted by molar-refractivity contribution is 7.07. The molecule has 4 rings (SSSR count). The van der Waals surface area contributed by atoms with Gasteiger partial charge in [0.25, 0.3) is 11.5 Å². The van der Waals surface area contributed by atoms with Crippen molar-refractivity contribution in [2.24, 2.45) is 0 Å². The number of nitrogens with zero attached hydrogens (tertiary/aromatic N) is 6. The van der Waals surface area contributed by atoms with Crippen LogP contribution in [-0.2, 0) is 6.54 Å². The van der Waals surface area contributed by atoms with Crippen molar-refractivity contribution in [1.29, 1.82) is 0 Å². The third-order valence-corrected chi connectivity index (χ3v) is 5.37. The molecule has 1 aliphatic rings. The van der Waals surface area contributed by atoms with E-state index in [2.05, 4.69) is 20.0 Å². The molecule has 1 aliphatic heterocycles. The predicted octanol–water partition coefficient (Wildman–Crippen LogP) is 1.22. The molecule has 0 aromatic carbocycles. The molecule has 0 atom stereocenters. The Balaban J connectivity index is 1.34. The summed E-state index contributed by atoms with van der Waals surface area (Å²) < 4.78 is 1.50. The zero-order chi connectivity index (χ0) is 19.3. The van der Waals surface area contributed by atoms with E-state index in [1.54, 1.807) is 35.4 Å². The first-order chi connectivity index (χ1) is 13.7. The zero-order valence-electron chi connectivity index (χ0n) is 15.3. The molecule has 1 amide bonds. The molecule has 0 bridgehead atoms. The number of amides is 1. The van der Waals surface area contributed by atoms with Crippen LogP contribution in [0.15, 0.2) is 52.3 Å². The van der Waals surface area contributed by atoms with E-state index < -0.39 is 0 Å². The number of hydrogen-bond acceptors (Lipinski definition) is 7. The number of thiazole rings is 1. The minimum absolute atomic E-state index is 0.0103. The van der Waals surface area contributed by atoms with Crippen molar-refractivity contribution >= 4 is 17.2 Å². The number of hydrogen-bond donors (Lipinski definition) is 0. The first kappa shape index (κ1) is 18.5. The summed E-state index contributed by atoms with van der Waals surface area (Å²) in [6.07, 6.45) is 3.41. The van der Waals surface area contributed by atoms with Crippen LogP contribution >= 0.6 is 11.3 Å². The van der Waals surface area contributed by atoms with Crippen LogP contribution in [0.2, 0.25) is 0 Å². The number of piperazine rings is 1. The lowest BCUT2D eigenvalue weighted by Crippen LogP contribution is -2.49. The van der Waals surface area contributed by atoms with E-state index in [-0.39, 0.29) is 11.5 Å². The van der Waals surface area contributed by atoms with E-state index in [9.17, 15) is 9.59 Å². The summed E-state index contributed by atoms with van der Waals surface area (Å²) in [5, 5.41) is 6.26. The topological polar surface area (TPSA) is 84.2 Å². The summed E-state index contributed by atoms with van der Waals surface area (Å²) in [6, 6.07) is 7.02. The molecule has 3 aromatic rings. The zero-order valence-corrected chi connectivity index (χ0v) is 16.1. The molecule has 0 unspecified atom stereocenters. The molecule has 0 aliphatic carbocycles. The SMILES string of the molecule is O=C(c1cscn1)N1CCN(CCn2nc(-c3ccncc3)ccc2=O)CC1. The molecule has 9 heteroatoms. The first-order valence-electron chi connectivity index (χ1n) is 9.09. The summed E-state index contributed by atoms with van der Waals surface area (Å²) in [4.78, 5) is 36.7. The van der Waals surface area contributed by atoms with E-state index in [0.29, 0.717) is 31.9 Å². The second-order valence-corrected chi connectivity index (χ2v) is 7.24. The van der Waals surface area contributed by atoms with Crippen molar-refractivity contribution in [3.8, 4) is 11.3 Å². The molecule has 0 radical (unpaired) electrons. The van der Waals surface area contributed by atoms with Crippen molar-refractivity contribution in [3.05, 3.63) is 63.6 Å². The lowest BCUT2D eigenvalue weighted by atomic mass is 10.2. The number of aromatic nitrogens is 4. The Kier molecular flexibility index (Phi) is 5.54. The summed E-state index contributed by atoms with van der Waals surface area (Å²) in [5.74, 6) is -0.0103. The average molecular weight is 396 g/mol. The van der Waals surface area contributed by atoms with E-state index in [1.807, 2.05) is 17.0 Å². The average Bonchev–Trinajstić information content (AvgIpc) is 3.29. The van der Waals surface area contributed by atoms with Gasteiger partial charge >= 0.3 is 0 Å². The third-order valence-electron chi connectivity index (χ3n) is 4.78. The van der Waals surface area contributed by atoms with Gasteiger partial charge in [-0.1, -0.05) is 0 Å². The minimum atomic E-state index is -0.116. The monoisotopic (exact) mass is 396 g/mol. The van der Waals surface area contributed by atoms with Crippen molar-refractivity contribution < 1.29 is 4.79 Å². The minimum Gasteiger partial charge on any atom is -0.335 e. The molecule has 8 nitrogen and oxygen atoms in total. The van der Waals surface area contributed by atoms with Gasteiger partial charge in [0.2, 0.25) is 0 Å². The fraction of sp³-hybridized carbons (Fsp3) is 0.316. The maximum absolute atomic E-state index is 12.4. The fourth-order valence-corrected chi connectivity index (χ4v) is 3.70. The van der Waals surface area contributed by atoms with Gasteiger partial charge in [-0.2, -0.15) is 5.10 Å². The Morgan fingerprint density at radius 3 is 2.54 bits per heavy atom. The molecule has 28 heavy (non-hydrogen) atoms. The Morgan fingerprint density at radius 1 is 1.04 bits per heavy atom. The molecular formula is C19H20N6O2S. The Morgan fingerprint density at radius 2 is 1.82 bits per heavy atom. The highest BCUT2D eigenvalue weighted by Gasteiger charge is 2.23. The molecule has 0 spiro atoms. The molecule has 144 valence electrons. The van der Waals surface area contributed by atoms with Gasteiger partial charge in [-0.15, -0.1) is 11.3 Å². The highest BCUT2D eigenvalue weighted by atomic mass is 32.1. The second-order valence-electron chi connectivity index (χ2n) is 6.52. The van der Waals surface area contributed by atoms with Crippen LogP contribution in [-0.4, -0.2) is 68.2 Å². The van der Waals surface area contributed by atoms with E-state index in [4.69, 9.17) is 0 Å². The molecule has 4 heterocycles. The lowest BCUT2D eigenvalue weighted by Gasteiger charge is -2.34. The Hall–Kier alpha value is -2.91.